The predicted molar refractivity (Wildman–Crippen MR) is 180 cm³/mol. The second kappa shape index (κ2) is 9.61. The Morgan fingerprint density at radius 1 is 0.524 bits per heavy atom. The molecule has 7 aromatic carbocycles. The van der Waals surface area contributed by atoms with Gasteiger partial charge in [-0.3, -0.25) is 0 Å². The monoisotopic (exact) mass is 536 g/mol. The Kier molecular flexibility index (Phi) is 5.58. The number of benzene rings is 7. The van der Waals surface area contributed by atoms with Gasteiger partial charge in [0.2, 0.25) is 0 Å². The maximum absolute atomic E-state index is 6.46. The zero-order valence-electron chi connectivity index (χ0n) is 23.4. The maximum atomic E-state index is 6.46. The first-order chi connectivity index (χ1) is 20.7. The second-order valence-corrected chi connectivity index (χ2v) is 11.0. The summed E-state index contributed by atoms with van der Waals surface area (Å²) in [5.41, 5.74) is 9.09. The van der Waals surface area contributed by atoms with Crippen molar-refractivity contribution >= 4 is 49.4 Å². The minimum atomic E-state index is 0.869. The fraction of sp³-hybridized carbons (Fsp3) is 0.0244. The Morgan fingerprint density at radius 3 is 1.71 bits per heavy atom. The first kappa shape index (κ1) is 24.4. The van der Waals surface area contributed by atoms with Crippen LogP contribution in [0.5, 0.6) is 0 Å². The van der Waals surface area contributed by atoms with Crippen molar-refractivity contribution in [2.24, 2.45) is 0 Å². The Bertz CT molecular complexity index is 2280. The summed E-state index contributed by atoms with van der Waals surface area (Å²) < 4.78 is 6.46. The summed E-state index contributed by atoms with van der Waals surface area (Å²) in [4.78, 5) is 0. The molecule has 0 amide bonds. The van der Waals surface area contributed by atoms with Gasteiger partial charge in [0, 0.05) is 16.5 Å². The summed E-state index contributed by atoms with van der Waals surface area (Å²) in [7, 11) is 0. The molecule has 0 bridgehead atoms. The zero-order chi connectivity index (χ0) is 28.2. The molecule has 0 N–H and O–H groups in total. The van der Waals surface area contributed by atoms with Crippen molar-refractivity contribution in [1.29, 1.82) is 0 Å². The van der Waals surface area contributed by atoms with Crippen LogP contribution in [0.3, 0.4) is 0 Å². The van der Waals surface area contributed by atoms with Gasteiger partial charge in [0.1, 0.15) is 11.3 Å². The Labute approximate surface area is 245 Å². The SMILES string of the molecule is C=Cc1c(-c2ccccc2C)oc2ccc(-c3c4ccccc4c(-c4ccc5ccccc5c4)c4ccccc34)cc12. The van der Waals surface area contributed by atoms with Crippen LogP contribution in [-0.4, -0.2) is 0 Å². The molecule has 8 rings (SSSR count). The lowest BCUT2D eigenvalue weighted by molar-refractivity contribution is 0.630. The summed E-state index contributed by atoms with van der Waals surface area (Å²) in [6.45, 7) is 6.30. The molecule has 0 spiro atoms. The van der Waals surface area contributed by atoms with E-state index in [0.29, 0.717) is 0 Å². The second-order valence-electron chi connectivity index (χ2n) is 11.0. The van der Waals surface area contributed by atoms with Gasteiger partial charge < -0.3 is 4.42 Å². The normalized spacial score (nSPS) is 11.5. The van der Waals surface area contributed by atoms with Gasteiger partial charge in [-0.25, -0.2) is 0 Å². The fourth-order valence-corrected chi connectivity index (χ4v) is 6.60. The van der Waals surface area contributed by atoms with Crippen molar-refractivity contribution in [2.75, 3.05) is 0 Å². The van der Waals surface area contributed by atoms with Crippen LogP contribution in [0.1, 0.15) is 11.1 Å². The minimum Gasteiger partial charge on any atom is -0.455 e. The molecule has 1 nitrogen and oxygen atoms in total. The highest BCUT2D eigenvalue weighted by Gasteiger charge is 2.20. The van der Waals surface area contributed by atoms with Crippen LogP contribution >= 0.6 is 0 Å². The predicted octanol–water partition coefficient (Wildman–Crippen LogP) is 11.8. The van der Waals surface area contributed by atoms with Gasteiger partial charge in [-0.2, -0.15) is 0 Å². The van der Waals surface area contributed by atoms with E-state index in [4.69, 9.17) is 4.42 Å². The third-order valence-electron chi connectivity index (χ3n) is 8.58. The minimum absolute atomic E-state index is 0.869. The molecule has 8 aromatic rings. The molecule has 0 radical (unpaired) electrons. The topological polar surface area (TPSA) is 13.1 Å². The van der Waals surface area contributed by atoms with Crippen LogP contribution in [0.4, 0.5) is 0 Å². The summed E-state index contributed by atoms with van der Waals surface area (Å²) in [6.07, 6.45) is 1.93. The van der Waals surface area contributed by atoms with E-state index in [0.717, 1.165) is 27.9 Å². The van der Waals surface area contributed by atoms with E-state index in [2.05, 4.69) is 147 Å². The summed E-state index contributed by atoms with van der Waals surface area (Å²) in [5.74, 6) is 0.872. The number of aryl methyl sites for hydroxylation is 1. The quantitative estimate of drug-likeness (QED) is 0.204. The van der Waals surface area contributed by atoms with Crippen LogP contribution in [0.2, 0.25) is 0 Å². The van der Waals surface area contributed by atoms with E-state index in [1.807, 2.05) is 6.08 Å². The largest absolute Gasteiger partial charge is 0.455 e. The first-order valence-corrected chi connectivity index (χ1v) is 14.4. The molecule has 0 aliphatic rings. The van der Waals surface area contributed by atoms with Gasteiger partial charge in [0.25, 0.3) is 0 Å². The van der Waals surface area contributed by atoms with Crippen LogP contribution < -0.4 is 0 Å². The van der Waals surface area contributed by atoms with Crippen molar-refractivity contribution in [3.05, 3.63) is 151 Å². The summed E-state index contributed by atoms with van der Waals surface area (Å²) in [5, 5.41) is 8.55. The summed E-state index contributed by atoms with van der Waals surface area (Å²) in [6, 6.07) is 48.0. The Morgan fingerprint density at radius 2 is 1.07 bits per heavy atom. The van der Waals surface area contributed by atoms with Gasteiger partial charge in [0.15, 0.2) is 0 Å². The van der Waals surface area contributed by atoms with E-state index in [1.54, 1.807) is 0 Å². The van der Waals surface area contributed by atoms with Gasteiger partial charge in [-0.1, -0.05) is 128 Å². The third kappa shape index (κ3) is 3.71. The molecule has 0 atom stereocenters. The molecule has 1 heteroatoms. The highest BCUT2D eigenvalue weighted by Crippen LogP contribution is 2.45. The van der Waals surface area contributed by atoms with E-state index >= 15 is 0 Å². The summed E-state index contributed by atoms with van der Waals surface area (Å²) >= 11 is 0. The molecule has 1 aromatic heterocycles. The van der Waals surface area contributed by atoms with Gasteiger partial charge in [-0.15, -0.1) is 0 Å². The average Bonchev–Trinajstić information content (AvgIpc) is 3.41. The van der Waals surface area contributed by atoms with Crippen LogP contribution in [0.25, 0.3) is 82.9 Å². The lowest BCUT2D eigenvalue weighted by Gasteiger charge is -2.18. The molecular weight excluding hydrogens is 508 g/mol. The molecule has 0 aliphatic heterocycles. The number of hydrogen-bond donors (Lipinski definition) is 0. The van der Waals surface area contributed by atoms with Gasteiger partial charge >= 0.3 is 0 Å². The van der Waals surface area contributed by atoms with Crippen molar-refractivity contribution in [1.82, 2.24) is 0 Å². The number of rotatable bonds is 4. The highest BCUT2D eigenvalue weighted by molar-refractivity contribution is 6.22. The van der Waals surface area contributed by atoms with Crippen LogP contribution in [0.15, 0.2) is 144 Å². The van der Waals surface area contributed by atoms with Crippen LogP contribution in [-0.2, 0) is 0 Å². The standard InChI is InChI=1S/C41H28O/c1-3-31-37-25-30(22-23-38(37)42-41(31)32-15-7-4-12-26(32)2)40-35-18-10-8-16-33(35)39(34-17-9-11-19-36(34)40)29-21-20-27-13-5-6-14-28(27)24-29/h3-25H,1H2,2H3. The van der Waals surface area contributed by atoms with E-state index < -0.39 is 0 Å². The van der Waals surface area contributed by atoms with Crippen LogP contribution in [0, 0.1) is 6.92 Å². The molecule has 0 saturated carbocycles. The highest BCUT2D eigenvalue weighted by atomic mass is 16.3. The van der Waals surface area contributed by atoms with E-state index in [-0.39, 0.29) is 0 Å². The smallest absolute Gasteiger partial charge is 0.142 e. The zero-order valence-corrected chi connectivity index (χ0v) is 23.4. The van der Waals surface area contributed by atoms with E-state index in [9.17, 15) is 0 Å². The Balaban J connectivity index is 1.42. The molecule has 42 heavy (non-hydrogen) atoms. The average molecular weight is 537 g/mol. The maximum Gasteiger partial charge on any atom is 0.142 e. The van der Waals surface area contributed by atoms with Gasteiger partial charge in [0.05, 0.1) is 0 Å². The van der Waals surface area contributed by atoms with Crippen molar-refractivity contribution in [3.8, 4) is 33.6 Å². The fourth-order valence-electron chi connectivity index (χ4n) is 6.60. The lowest BCUT2D eigenvalue weighted by atomic mass is 9.85. The number of furan rings is 1. The van der Waals surface area contributed by atoms with Crippen molar-refractivity contribution in [3.63, 3.8) is 0 Å². The third-order valence-corrected chi connectivity index (χ3v) is 8.58. The lowest BCUT2D eigenvalue weighted by Crippen LogP contribution is -1.91. The Hall–Kier alpha value is -5.40. The van der Waals surface area contributed by atoms with E-state index in [1.165, 1.54) is 60.1 Å². The molecule has 0 fully saturated rings. The molecular formula is C41H28O. The first-order valence-electron chi connectivity index (χ1n) is 14.4. The van der Waals surface area contributed by atoms with Crippen molar-refractivity contribution in [2.45, 2.75) is 6.92 Å². The van der Waals surface area contributed by atoms with Gasteiger partial charge in [-0.05, 0) is 85.3 Å². The number of hydrogen-bond acceptors (Lipinski definition) is 1. The molecule has 1 heterocycles. The molecule has 0 unspecified atom stereocenters. The number of fused-ring (bicyclic) bond motifs is 4. The molecule has 0 aliphatic carbocycles. The van der Waals surface area contributed by atoms with Crippen molar-refractivity contribution < 1.29 is 4.42 Å². The molecule has 0 saturated heterocycles. The molecule has 198 valence electrons.